The minimum Gasteiger partial charge on any atom is -0.492 e. The fraction of sp³-hybridized carbons (Fsp3) is 0.250. The summed E-state index contributed by atoms with van der Waals surface area (Å²) in [6, 6.07) is 9.46. The van der Waals surface area contributed by atoms with Crippen LogP contribution in [-0.4, -0.2) is 6.61 Å². The maximum atomic E-state index is 6.56. The highest BCUT2D eigenvalue weighted by atomic mass is 79.9. The van der Waals surface area contributed by atoms with Gasteiger partial charge in [0.2, 0.25) is 0 Å². The molecule has 112 valence electrons. The van der Waals surface area contributed by atoms with E-state index in [2.05, 4.69) is 15.9 Å². The van der Waals surface area contributed by atoms with Gasteiger partial charge in [0, 0.05) is 15.6 Å². The lowest BCUT2D eigenvalue weighted by Crippen LogP contribution is -1.98. The molecule has 0 aromatic heterocycles. The number of aryl methyl sites for hydroxylation is 1. The van der Waals surface area contributed by atoms with Crippen molar-refractivity contribution in [2.75, 3.05) is 6.61 Å². The Hall–Kier alpha value is -0.410. The molecule has 5 heteroatoms. The van der Waals surface area contributed by atoms with Gasteiger partial charge in [0.15, 0.2) is 0 Å². The van der Waals surface area contributed by atoms with Crippen LogP contribution < -0.4 is 4.74 Å². The van der Waals surface area contributed by atoms with Crippen molar-refractivity contribution in [2.24, 2.45) is 0 Å². The second-order valence-electron chi connectivity index (χ2n) is 4.61. The van der Waals surface area contributed by atoms with Crippen molar-refractivity contribution in [3.05, 3.63) is 61.5 Å². The van der Waals surface area contributed by atoms with Gasteiger partial charge >= 0.3 is 0 Å². The molecule has 0 aliphatic carbocycles. The molecule has 1 atom stereocenters. The highest BCUT2D eigenvalue weighted by molar-refractivity contribution is 9.10. The molecule has 0 N–H and O–H groups in total. The lowest BCUT2D eigenvalue weighted by atomic mass is 10.0. The van der Waals surface area contributed by atoms with Gasteiger partial charge in [0.25, 0.3) is 0 Å². The minimum absolute atomic E-state index is 0.373. The molecular weight excluding hydrogens is 394 g/mol. The molecule has 0 radical (unpaired) electrons. The molecule has 2 aromatic rings. The van der Waals surface area contributed by atoms with E-state index in [4.69, 9.17) is 39.5 Å². The molecule has 0 saturated heterocycles. The van der Waals surface area contributed by atoms with Crippen LogP contribution in [0.3, 0.4) is 0 Å². The van der Waals surface area contributed by atoms with Crippen LogP contribution in [0.2, 0.25) is 10.0 Å². The first-order valence-electron chi connectivity index (χ1n) is 6.46. The molecule has 0 aliphatic rings. The number of hydrogen-bond donors (Lipinski definition) is 0. The van der Waals surface area contributed by atoms with Gasteiger partial charge in [0.1, 0.15) is 5.75 Å². The molecule has 0 fully saturated rings. The van der Waals surface area contributed by atoms with E-state index in [1.807, 2.05) is 32.0 Å². The molecule has 1 nitrogen and oxygen atoms in total. The smallest absolute Gasteiger partial charge is 0.139 e. The maximum Gasteiger partial charge on any atom is 0.139 e. The fourth-order valence-corrected chi connectivity index (χ4v) is 3.21. The summed E-state index contributed by atoms with van der Waals surface area (Å²) in [6.45, 7) is 4.45. The van der Waals surface area contributed by atoms with Crippen LogP contribution in [0.5, 0.6) is 5.75 Å². The molecule has 0 amide bonds. The van der Waals surface area contributed by atoms with Crippen LogP contribution in [0.1, 0.15) is 29.0 Å². The van der Waals surface area contributed by atoms with Crippen LogP contribution >= 0.6 is 50.7 Å². The standard InChI is InChI=1S/C16H14BrCl3O/c1-3-21-15-8-13(18)11(7-14(15)19)16(20)10-5-4-9(2)12(17)6-10/h4-8,16H,3H2,1-2H3. The number of benzene rings is 2. The van der Waals surface area contributed by atoms with Crippen LogP contribution in [0.25, 0.3) is 0 Å². The Morgan fingerprint density at radius 1 is 1.14 bits per heavy atom. The molecular formula is C16H14BrCl3O. The van der Waals surface area contributed by atoms with Crippen LogP contribution in [-0.2, 0) is 0 Å². The van der Waals surface area contributed by atoms with Gasteiger partial charge in [-0.25, -0.2) is 0 Å². The van der Waals surface area contributed by atoms with Crippen molar-refractivity contribution in [3.63, 3.8) is 0 Å². The SMILES string of the molecule is CCOc1cc(Cl)c(C(Cl)c2ccc(C)c(Br)c2)cc1Cl. The summed E-state index contributed by atoms with van der Waals surface area (Å²) in [7, 11) is 0. The zero-order valence-corrected chi connectivity index (χ0v) is 15.4. The number of halogens is 4. The van der Waals surface area contributed by atoms with Crippen LogP contribution in [0, 0.1) is 6.92 Å². The predicted molar refractivity (Wildman–Crippen MR) is 94.2 cm³/mol. The van der Waals surface area contributed by atoms with E-state index >= 15 is 0 Å². The van der Waals surface area contributed by atoms with E-state index < -0.39 is 0 Å². The highest BCUT2D eigenvalue weighted by Gasteiger charge is 2.18. The van der Waals surface area contributed by atoms with Gasteiger partial charge in [0.05, 0.1) is 17.0 Å². The number of hydrogen-bond acceptors (Lipinski definition) is 1. The molecule has 0 saturated carbocycles. The van der Waals surface area contributed by atoms with Gasteiger partial charge in [-0.3, -0.25) is 0 Å². The highest BCUT2D eigenvalue weighted by Crippen LogP contribution is 2.40. The van der Waals surface area contributed by atoms with Crippen molar-refractivity contribution < 1.29 is 4.74 Å². The fourth-order valence-electron chi connectivity index (χ4n) is 1.95. The minimum atomic E-state index is -0.373. The predicted octanol–water partition coefficient (Wildman–Crippen LogP) is 6.79. The van der Waals surface area contributed by atoms with Gasteiger partial charge in [-0.15, -0.1) is 11.6 Å². The van der Waals surface area contributed by atoms with E-state index in [1.165, 1.54) is 0 Å². The summed E-state index contributed by atoms with van der Waals surface area (Å²) in [5, 5.41) is 0.676. The monoisotopic (exact) mass is 406 g/mol. The Morgan fingerprint density at radius 3 is 2.48 bits per heavy atom. The average Bonchev–Trinajstić information content (AvgIpc) is 2.45. The van der Waals surface area contributed by atoms with Crippen molar-refractivity contribution >= 4 is 50.7 Å². The topological polar surface area (TPSA) is 9.23 Å². The van der Waals surface area contributed by atoms with Crippen molar-refractivity contribution in [3.8, 4) is 5.75 Å². The zero-order chi connectivity index (χ0) is 15.6. The lowest BCUT2D eigenvalue weighted by Gasteiger charge is -2.15. The van der Waals surface area contributed by atoms with Crippen molar-refractivity contribution in [1.29, 1.82) is 0 Å². The summed E-state index contributed by atoms with van der Waals surface area (Å²) in [4.78, 5) is 0. The van der Waals surface area contributed by atoms with Gasteiger partial charge in [-0.1, -0.05) is 51.3 Å². The maximum absolute atomic E-state index is 6.56. The van der Waals surface area contributed by atoms with E-state index in [-0.39, 0.29) is 5.38 Å². The Kier molecular flexibility index (Phi) is 5.84. The van der Waals surface area contributed by atoms with E-state index in [0.717, 1.165) is 21.2 Å². The van der Waals surface area contributed by atoms with Crippen LogP contribution in [0.4, 0.5) is 0 Å². The second-order valence-corrected chi connectivity index (χ2v) is 6.71. The normalized spacial score (nSPS) is 12.3. The first-order valence-corrected chi connectivity index (χ1v) is 8.44. The third kappa shape index (κ3) is 3.87. The van der Waals surface area contributed by atoms with Gasteiger partial charge < -0.3 is 4.74 Å². The van der Waals surface area contributed by atoms with Crippen molar-refractivity contribution in [1.82, 2.24) is 0 Å². The Bertz CT molecular complexity index is 658. The molecule has 0 bridgehead atoms. The first-order chi connectivity index (χ1) is 9.93. The molecule has 1 unspecified atom stereocenters. The van der Waals surface area contributed by atoms with Gasteiger partial charge in [-0.2, -0.15) is 0 Å². The van der Waals surface area contributed by atoms with E-state index in [0.29, 0.717) is 22.4 Å². The Balaban J connectivity index is 2.40. The first kappa shape index (κ1) is 17.0. The zero-order valence-electron chi connectivity index (χ0n) is 11.6. The summed E-state index contributed by atoms with van der Waals surface area (Å²) in [5.41, 5.74) is 2.87. The molecule has 0 heterocycles. The summed E-state index contributed by atoms with van der Waals surface area (Å²) in [5.74, 6) is 0.571. The quantitative estimate of drug-likeness (QED) is 0.506. The average molecular weight is 409 g/mol. The molecule has 0 spiro atoms. The van der Waals surface area contributed by atoms with Crippen LogP contribution in [0.15, 0.2) is 34.8 Å². The van der Waals surface area contributed by atoms with E-state index in [1.54, 1.807) is 12.1 Å². The summed E-state index contributed by atoms with van der Waals surface area (Å²) < 4.78 is 6.44. The van der Waals surface area contributed by atoms with Gasteiger partial charge in [-0.05, 0) is 42.7 Å². The summed E-state index contributed by atoms with van der Waals surface area (Å²) in [6.07, 6.45) is 0. The van der Waals surface area contributed by atoms with Crippen molar-refractivity contribution in [2.45, 2.75) is 19.2 Å². The number of ether oxygens (including phenoxy) is 1. The molecule has 2 aromatic carbocycles. The lowest BCUT2D eigenvalue weighted by molar-refractivity contribution is 0.340. The molecule has 0 aliphatic heterocycles. The Labute approximate surface area is 148 Å². The number of alkyl halides is 1. The third-order valence-corrected chi connectivity index (χ3v) is 5.08. The second kappa shape index (κ2) is 7.23. The Morgan fingerprint density at radius 2 is 1.86 bits per heavy atom. The number of rotatable bonds is 4. The van der Waals surface area contributed by atoms with E-state index in [9.17, 15) is 0 Å². The molecule has 2 rings (SSSR count). The molecule has 21 heavy (non-hydrogen) atoms. The largest absolute Gasteiger partial charge is 0.492 e. The third-order valence-electron chi connectivity index (χ3n) is 3.11. The summed E-state index contributed by atoms with van der Waals surface area (Å²) >= 11 is 22.6.